The zero-order chi connectivity index (χ0) is 25.9. The van der Waals surface area contributed by atoms with Crippen LogP contribution in [0.5, 0.6) is 0 Å². The lowest BCUT2D eigenvalue weighted by Crippen LogP contribution is -2.37. The van der Waals surface area contributed by atoms with Crippen LogP contribution in [-0.4, -0.2) is 43.6 Å². The standard InChI is InChI=1S/C28H28F2N6O/c1-15(37-4)13-23-32-26(36-34-23)20-9-6-10-22(31-20)28-12-11-17(27(28,2)3)16-14-21(33-35-25(16)28)24-18(29)7-5-8-19(24)30/h5-10,14-15,17H,11-13H2,1-4H3,(H,32,34,36)/t15-,17-,28-/m0/s1. The highest BCUT2D eigenvalue weighted by atomic mass is 19.1. The predicted molar refractivity (Wildman–Crippen MR) is 134 cm³/mol. The molecule has 3 aromatic heterocycles. The minimum absolute atomic E-state index is 0.0199. The van der Waals surface area contributed by atoms with Crippen LogP contribution in [0.2, 0.25) is 0 Å². The highest BCUT2D eigenvalue weighted by Gasteiger charge is 2.65. The van der Waals surface area contributed by atoms with E-state index in [-0.39, 0.29) is 28.7 Å². The van der Waals surface area contributed by atoms with Gasteiger partial charge in [0.2, 0.25) is 0 Å². The minimum atomic E-state index is -0.647. The van der Waals surface area contributed by atoms with Gasteiger partial charge in [0.15, 0.2) is 5.82 Å². The Labute approximate surface area is 213 Å². The summed E-state index contributed by atoms with van der Waals surface area (Å²) in [6.45, 7) is 6.42. The van der Waals surface area contributed by atoms with Gasteiger partial charge in [-0.05, 0) is 67.0 Å². The van der Waals surface area contributed by atoms with Crippen LogP contribution in [0.25, 0.3) is 22.8 Å². The molecule has 2 aliphatic rings. The lowest BCUT2D eigenvalue weighted by Gasteiger charge is -2.37. The van der Waals surface area contributed by atoms with E-state index < -0.39 is 17.0 Å². The first-order valence-corrected chi connectivity index (χ1v) is 12.5. The van der Waals surface area contributed by atoms with Gasteiger partial charge in [-0.15, -0.1) is 5.10 Å². The molecule has 1 N–H and O–H groups in total. The zero-order valence-corrected chi connectivity index (χ0v) is 21.2. The van der Waals surface area contributed by atoms with Gasteiger partial charge >= 0.3 is 0 Å². The molecule has 1 aromatic carbocycles. The normalized spacial score (nSPS) is 22.3. The van der Waals surface area contributed by atoms with E-state index in [0.29, 0.717) is 17.9 Å². The Morgan fingerprint density at radius 1 is 1.05 bits per heavy atom. The summed E-state index contributed by atoms with van der Waals surface area (Å²) in [4.78, 5) is 9.68. The van der Waals surface area contributed by atoms with E-state index in [1.54, 1.807) is 7.11 Å². The van der Waals surface area contributed by atoms with Gasteiger partial charge in [0, 0.05) is 13.5 Å². The van der Waals surface area contributed by atoms with Crippen LogP contribution in [0.3, 0.4) is 0 Å². The van der Waals surface area contributed by atoms with Crippen molar-refractivity contribution in [3.05, 3.63) is 76.9 Å². The molecule has 4 aromatic rings. The lowest BCUT2D eigenvalue weighted by atomic mass is 9.66. The van der Waals surface area contributed by atoms with Gasteiger partial charge in [-0.3, -0.25) is 5.10 Å². The van der Waals surface area contributed by atoms with Gasteiger partial charge in [0.25, 0.3) is 0 Å². The number of nitrogens with one attached hydrogen (secondary N) is 1. The largest absolute Gasteiger partial charge is 0.381 e. The van der Waals surface area contributed by atoms with Crippen LogP contribution in [0.4, 0.5) is 8.78 Å². The number of aromatic amines is 1. The van der Waals surface area contributed by atoms with Gasteiger partial charge in [-0.2, -0.15) is 10.2 Å². The summed E-state index contributed by atoms with van der Waals surface area (Å²) in [5.41, 5.74) is 2.75. The molecule has 7 nitrogen and oxygen atoms in total. The van der Waals surface area contributed by atoms with Gasteiger partial charge in [-0.25, -0.2) is 18.7 Å². The van der Waals surface area contributed by atoms with Gasteiger partial charge in [0.1, 0.15) is 23.2 Å². The van der Waals surface area contributed by atoms with E-state index >= 15 is 0 Å². The summed E-state index contributed by atoms with van der Waals surface area (Å²) in [5, 5.41) is 16.3. The quantitative estimate of drug-likeness (QED) is 0.381. The topological polar surface area (TPSA) is 89.5 Å². The first-order valence-electron chi connectivity index (χ1n) is 12.5. The summed E-state index contributed by atoms with van der Waals surface area (Å²) in [7, 11) is 1.67. The third kappa shape index (κ3) is 3.43. The van der Waals surface area contributed by atoms with Crippen LogP contribution in [0.1, 0.15) is 62.3 Å². The molecule has 0 amide bonds. The van der Waals surface area contributed by atoms with Crippen molar-refractivity contribution in [3.8, 4) is 22.8 Å². The molecule has 3 atom stereocenters. The molecule has 6 rings (SSSR count). The molecule has 1 fully saturated rings. The number of hydrogen-bond acceptors (Lipinski definition) is 6. The van der Waals surface area contributed by atoms with Gasteiger partial charge in [0.05, 0.1) is 34.2 Å². The maximum Gasteiger partial charge on any atom is 0.199 e. The molecule has 37 heavy (non-hydrogen) atoms. The molecule has 190 valence electrons. The second-order valence-electron chi connectivity index (χ2n) is 10.6. The van der Waals surface area contributed by atoms with Crippen molar-refractivity contribution in [3.63, 3.8) is 0 Å². The monoisotopic (exact) mass is 502 g/mol. The number of fused-ring (bicyclic) bond motifs is 5. The third-order valence-electron chi connectivity index (χ3n) is 8.43. The van der Waals surface area contributed by atoms with E-state index in [4.69, 9.17) is 9.72 Å². The highest BCUT2D eigenvalue weighted by molar-refractivity contribution is 5.64. The number of ether oxygens (including phenoxy) is 1. The van der Waals surface area contributed by atoms with Crippen LogP contribution in [0, 0.1) is 17.0 Å². The molecule has 1 saturated carbocycles. The first kappa shape index (κ1) is 23.8. The van der Waals surface area contributed by atoms with E-state index in [1.165, 1.54) is 18.2 Å². The van der Waals surface area contributed by atoms with Crippen molar-refractivity contribution < 1.29 is 13.5 Å². The van der Waals surface area contributed by atoms with Crippen LogP contribution in [0.15, 0.2) is 42.5 Å². The van der Waals surface area contributed by atoms with Gasteiger partial charge < -0.3 is 4.74 Å². The van der Waals surface area contributed by atoms with Crippen molar-refractivity contribution in [1.82, 2.24) is 30.4 Å². The Balaban J connectivity index is 1.43. The van der Waals surface area contributed by atoms with E-state index in [1.807, 2.05) is 31.2 Å². The fourth-order valence-corrected chi connectivity index (χ4v) is 6.41. The SMILES string of the molecule is CO[C@@H](C)Cc1nc(-c2cccc([C@@]34CC[C@@H](c5cc(-c6c(F)cccc6F)nnc53)C4(C)C)n2)n[nH]1. The van der Waals surface area contributed by atoms with E-state index in [9.17, 15) is 8.78 Å². The summed E-state index contributed by atoms with van der Waals surface area (Å²) >= 11 is 0. The summed E-state index contributed by atoms with van der Waals surface area (Å²) in [6, 6.07) is 11.5. The molecule has 2 bridgehead atoms. The highest BCUT2D eigenvalue weighted by Crippen LogP contribution is 2.69. The van der Waals surface area contributed by atoms with Crippen molar-refractivity contribution in [2.45, 2.75) is 57.5 Å². The molecule has 0 aliphatic heterocycles. The number of H-pyrrole nitrogens is 1. The number of rotatable bonds is 6. The van der Waals surface area contributed by atoms with Crippen LogP contribution < -0.4 is 0 Å². The molecule has 3 heterocycles. The molecular formula is C28H28F2N6O. The van der Waals surface area contributed by atoms with Crippen LogP contribution in [-0.2, 0) is 16.6 Å². The van der Waals surface area contributed by atoms with Crippen molar-refractivity contribution >= 4 is 0 Å². The summed E-state index contributed by atoms with van der Waals surface area (Å²) < 4.78 is 34.4. The lowest BCUT2D eigenvalue weighted by molar-refractivity contribution is 0.117. The van der Waals surface area contributed by atoms with Crippen molar-refractivity contribution in [2.75, 3.05) is 7.11 Å². The molecule has 0 spiro atoms. The molecule has 0 saturated heterocycles. The van der Waals surface area contributed by atoms with Gasteiger partial charge in [-0.1, -0.05) is 26.0 Å². The summed E-state index contributed by atoms with van der Waals surface area (Å²) in [6.07, 6.45) is 2.43. The fraction of sp³-hybridized carbons (Fsp3) is 0.393. The Bertz CT molecular complexity index is 1480. The molecule has 0 unspecified atom stereocenters. The average molecular weight is 503 g/mol. The van der Waals surface area contributed by atoms with Crippen molar-refractivity contribution in [1.29, 1.82) is 0 Å². The minimum Gasteiger partial charge on any atom is -0.381 e. The maximum atomic E-state index is 14.5. The number of aromatic nitrogens is 6. The zero-order valence-electron chi connectivity index (χ0n) is 21.2. The Kier molecular flexibility index (Phi) is 5.45. The second kappa shape index (κ2) is 8.48. The van der Waals surface area contributed by atoms with E-state index in [0.717, 1.165) is 35.6 Å². The number of benzene rings is 1. The number of nitrogens with zero attached hydrogens (tertiary/aromatic N) is 5. The van der Waals surface area contributed by atoms with Crippen LogP contribution >= 0.6 is 0 Å². The Morgan fingerprint density at radius 3 is 2.57 bits per heavy atom. The molecule has 2 aliphatic carbocycles. The summed E-state index contributed by atoms with van der Waals surface area (Å²) in [5.74, 6) is 0.139. The Hall–Kier alpha value is -3.59. The smallest absolute Gasteiger partial charge is 0.199 e. The Morgan fingerprint density at radius 2 is 1.81 bits per heavy atom. The number of halogens is 2. The average Bonchev–Trinajstić information content (AvgIpc) is 3.51. The second-order valence-corrected chi connectivity index (χ2v) is 10.6. The number of methoxy groups -OCH3 is 1. The van der Waals surface area contributed by atoms with E-state index in [2.05, 4.69) is 39.2 Å². The molecular weight excluding hydrogens is 474 g/mol. The number of hydrogen-bond donors (Lipinski definition) is 1. The third-order valence-corrected chi connectivity index (χ3v) is 8.43. The fourth-order valence-electron chi connectivity index (χ4n) is 6.41. The maximum absolute atomic E-state index is 14.5. The number of pyridine rings is 1. The molecule has 9 heteroatoms. The molecule has 0 radical (unpaired) electrons. The van der Waals surface area contributed by atoms with Crippen molar-refractivity contribution in [2.24, 2.45) is 5.41 Å². The first-order chi connectivity index (χ1) is 17.8. The predicted octanol–water partition coefficient (Wildman–Crippen LogP) is 5.38.